The van der Waals surface area contributed by atoms with Gasteiger partial charge in [-0.3, -0.25) is 5.84 Å². The Bertz CT molecular complexity index is 791. The Kier molecular flexibility index (Phi) is 5.32. The van der Waals surface area contributed by atoms with Gasteiger partial charge in [0.05, 0.1) is 31.1 Å². The van der Waals surface area contributed by atoms with Crippen LogP contribution in [-0.2, 0) is 0 Å². The molecule has 138 valence electrons. The van der Waals surface area contributed by atoms with Crippen molar-refractivity contribution in [3.63, 3.8) is 0 Å². The predicted octanol–water partition coefficient (Wildman–Crippen LogP) is 2.72. The minimum Gasteiger partial charge on any atom is -0.494 e. The third-order valence-corrected chi connectivity index (χ3v) is 4.25. The number of ether oxygens (including phenoxy) is 1. The van der Waals surface area contributed by atoms with Gasteiger partial charge in [0.25, 0.3) is 0 Å². The number of hydrazine groups is 1. The second kappa shape index (κ2) is 7.65. The zero-order valence-corrected chi connectivity index (χ0v) is 14.5. The van der Waals surface area contributed by atoms with E-state index in [1.54, 1.807) is 23.1 Å². The Hall–Kier alpha value is -2.74. The SMILES string of the molecule is C=C(c1cc(N2C[C@H](F)[C@@H](F)C2)ncn1)c1cc(OCC)ccc1NN. The van der Waals surface area contributed by atoms with E-state index in [1.165, 1.54) is 6.33 Å². The van der Waals surface area contributed by atoms with Crippen LogP contribution < -0.4 is 20.9 Å². The second-order valence-corrected chi connectivity index (χ2v) is 5.96. The molecule has 2 aromatic rings. The van der Waals surface area contributed by atoms with Crippen LogP contribution in [0.1, 0.15) is 18.2 Å². The summed E-state index contributed by atoms with van der Waals surface area (Å²) in [6, 6.07) is 7.07. The summed E-state index contributed by atoms with van der Waals surface area (Å²) >= 11 is 0. The molecule has 1 fully saturated rings. The molecule has 0 aliphatic carbocycles. The van der Waals surface area contributed by atoms with Crippen LogP contribution in [0, 0.1) is 0 Å². The van der Waals surface area contributed by atoms with E-state index >= 15 is 0 Å². The molecule has 0 unspecified atom stereocenters. The van der Waals surface area contributed by atoms with E-state index in [9.17, 15) is 8.78 Å². The summed E-state index contributed by atoms with van der Waals surface area (Å²) in [6.07, 6.45) is -1.66. The first-order valence-corrected chi connectivity index (χ1v) is 8.31. The molecule has 2 heterocycles. The van der Waals surface area contributed by atoms with E-state index < -0.39 is 12.3 Å². The number of halogens is 2. The largest absolute Gasteiger partial charge is 0.494 e. The van der Waals surface area contributed by atoms with E-state index in [0.717, 1.165) is 5.56 Å². The minimum atomic E-state index is -1.51. The Labute approximate surface area is 150 Å². The molecule has 1 saturated heterocycles. The quantitative estimate of drug-likeness (QED) is 0.609. The fourth-order valence-corrected chi connectivity index (χ4v) is 2.89. The van der Waals surface area contributed by atoms with Crippen molar-refractivity contribution in [2.24, 2.45) is 5.84 Å². The van der Waals surface area contributed by atoms with Gasteiger partial charge in [0.2, 0.25) is 0 Å². The van der Waals surface area contributed by atoms with Gasteiger partial charge in [-0.2, -0.15) is 0 Å². The van der Waals surface area contributed by atoms with Crippen LogP contribution in [0.2, 0.25) is 0 Å². The van der Waals surface area contributed by atoms with Gasteiger partial charge >= 0.3 is 0 Å². The van der Waals surface area contributed by atoms with Gasteiger partial charge in [-0.1, -0.05) is 6.58 Å². The summed E-state index contributed by atoms with van der Waals surface area (Å²) in [6.45, 7) is 6.46. The molecule has 3 rings (SSSR count). The lowest BCUT2D eigenvalue weighted by atomic mass is 10.0. The molecule has 2 atom stereocenters. The highest BCUT2D eigenvalue weighted by Crippen LogP contribution is 2.32. The number of hydrogen-bond donors (Lipinski definition) is 2. The predicted molar refractivity (Wildman–Crippen MR) is 97.6 cm³/mol. The third kappa shape index (κ3) is 3.60. The number of anilines is 2. The third-order valence-electron chi connectivity index (χ3n) is 4.25. The number of nitrogens with one attached hydrogen (secondary N) is 1. The fraction of sp³-hybridized carbons (Fsp3) is 0.333. The average Bonchev–Trinajstić information content (AvgIpc) is 3.00. The Morgan fingerprint density at radius 2 is 2.04 bits per heavy atom. The maximum absolute atomic E-state index is 13.5. The van der Waals surface area contributed by atoms with E-state index in [4.69, 9.17) is 10.6 Å². The summed E-state index contributed by atoms with van der Waals surface area (Å²) in [7, 11) is 0. The molecule has 26 heavy (non-hydrogen) atoms. The van der Waals surface area contributed by atoms with Crippen molar-refractivity contribution >= 4 is 17.1 Å². The fourth-order valence-electron chi connectivity index (χ4n) is 2.89. The number of benzene rings is 1. The first-order chi connectivity index (χ1) is 12.5. The van der Waals surface area contributed by atoms with Crippen molar-refractivity contribution in [1.82, 2.24) is 9.97 Å². The molecule has 1 aliphatic rings. The molecule has 0 saturated carbocycles. The summed E-state index contributed by atoms with van der Waals surface area (Å²) in [5.74, 6) is 6.73. The average molecular weight is 361 g/mol. The van der Waals surface area contributed by atoms with Crippen LogP contribution in [0.3, 0.4) is 0 Å². The molecule has 1 aromatic carbocycles. The smallest absolute Gasteiger partial charge is 0.150 e. The van der Waals surface area contributed by atoms with Gasteiger partial charge < -0.3 is 15.1 Å². The maximum Gasteiger partial charge on any atom is 0.150 e. The van der Waals surface area contributed by atoms with Crippen LogP contribution in [-0.4, -0.2) is 42.0 Å². The van der Waals surface area contributed by atoms with E-state index in [1.807, 2.05) is 13.0 Å². The second-order valence-electron chi connectivity index (χ2n) is 5.96. The van der Waals surface area contributed by atoms with E-state index in [-0.39, 0.29) is 13.1 Å². The molecule has 0 bridgehead atoms. The zero-order chi connectivity index (χ0) is 18.7. The number of aromatic nitrogens is 2. The Morgan fingerprint density at radius 3 is 2.69 bits per heavy atom. The summed E-state index contributed by atoms with van der Waals surface area (Å²) < 4.78 is 32.5. The van der Waals surface area contributed by atoms with E-state index in [2.05, 4.69) is 22.0 Å². The van der Waals surface area contributed by atoms with Crippen molar-refractivity contribution in [2.75, 3.05) is 30.0 Å². The number of nitrogens with zero attached hydrogens (tertiary/aromatic N) is 3. The molecule has 1 aliphatic heterocycles. The topological polar surface area (TPSA) is 76.3 Å². The molecule has 3 N–H and O–H groups in total. The van der Waals surface area contributed by atoms with E-state index in [0.29, 0.717) is 35.1 Å². The Morgan fingerprint density at radius 1 is 1.31 bits per heavy atom. The van der Waals surface area contributed by atoms with Crippen LogP contribution in [0.15, 0.2) is 37.2 Å². The van der Waals surface area contributed by atoms with Crippen molar-refractivity contribution in [3.8, 4) is 5.75 Å². The van der Waals surface area contributed by atoms with Crippen LogP contribution in [0.25, 0.3) is 5.57 Å². The minimum absolute atomic E-state index is 0.0282. The molecule has 1 aromatic heterocycles. The van der Waals surface area contributed by atoms with Crippen LogP contribution in [0.4, 0.5) is 20.3 Å². The van der Waals surface area contributed by atoms with Gasteiger partial charge in [0.1, 0.15) is 17.9 Å². The normalized spacial score (nSPS) is 19.5. The van der Waals surface area contributed by atoms with Crippen LogP contribution >= 0.6 is 0 Å². The lowest BCUT2D eigenvalue weighted by molar-refractivity contribution is 0.217. The molecule has 6 nitrogen and oxygen atoms in total. The summed E-state index contributed by atoms with van der Waals surface area (Å²) in [4.78, 5) is 9.94. The zero-order valence-electron chi connectivity index (χ0n) is 14.5. The number of nitrogen functional groups attached to an aromatic ring is 1. The van der Waals surface area contributed by atoms with Crippen molar-refractivity contribution < 1.29 is 13.5 Å². The maximum atomic E-state index is 13.5. The first-order valence-electron chi connectivity index (χ1n) is 8.31. The Balaban J connectivity index is 1.91. The van der Waals surface area contributed by atoms with Crippen molar-refractivity contribution in [1.29, 1.82) is 0 Å². The molecule has 8 heteroatoms. The van der Waals surface area contributed by atoms with Crippen molar-refractivity contribution in [2.45, 2.75) is 19.3 Å². The monoisotopic (exact) mass is 361 g/mol. The molecule has 0 radical (unpaired) electrons. The highest BCUT2D eigenvalue weighted by molar-refractivity contribution is 5.84. The molecule has 0 amide bonds. The lowest BCUT2D eigenvalue weighted by Crippen LogP contribution is -2.21. The molecular formula is C18H21F2N5O. The number of alkyl halides is 2. The number of rotatable bonds is 6. The molecular weight excluding hydrogens is 340 g/mol. The van der Waals surface area contributed by atoms with Crippen LogP contribution in [0.5, 0.6) is 5.75 Å². The van der Waals surface area contributed by atoms with Gasteiger partial charge in [-0.15, -0.1) is 0 Å². The van der Waals surface area contributed by atoms with Crippen molar-refractivity contribution in [3.05, 3.63) is 48.4 Å². The summed E-state index contributed by atoms with van der Waals surface area (Å²) in [5.41, 5.74) is 5.14. The standard InChI is InChI=1S/C18H21F2N5O/c1-3-26-12-4-5-16(24-21)13(6-12)11(2)17-7-18(23-10-22-17)25-8-14(19)15(20)9-25/h4-7,10,14-15,24H,2-3,8-9,21H2,1H3/t14-,15-/m0/s1. The highest BCUT2D eigenvalue weighted by Gasteiger charge is 2.33. The van der Waals surface area contributed by atoms with Gasteiger partial charge in [0, 0.05) is 17.2 Å². The van der Waals surface area contributed by atoms with Gasteiger partial charge in [0.15, 0.2) is 12.3 Å². The first kappa shape index (κ1) is 18.1. The number of hydrogen-bond acceptors (Lipinski definition) is 6. The number of nitrogens with two attached hydrogens (primary N) is 1. The summed E-state index contributed by atoms with van der Waals surface area (Å²) in [5, 5.41) is 0. The van der Waals surface area contributed by atoms with Gasteiger partial charge in [-0.25, -0.2) is 18.7 Å². The van der Waals surface area contributed by atoms with Gasteiger partial charge in [-0.05, 0) is 25.1 Å². The lowest BCUT2D eigenvalue weighted by Gasteiger charge is -2.18. The molecule has 0 spiro atoms. The highest BCUT2D eigenvalue weighted by atomic mass is 19.2.